The first-order valence-corrected chi connectivity index (χ1v) is 11.2. The molecular weight excluding hydrogens is 420 g/mol. The highest BCUT2D eigenvalue weighted by Crippen LogP contribution is 2.38. The number of nitrogens with one attached hydrogen (secondary N) is 2. The molecule has 4 rings (SSSR count). The predicted octanol–water partition coefficient (Wildman–Crippen LogP) is 4.69. The van der Waals surface area contributed by atoms with Gasteiger partial charge in [0, 0.05) is 18.0 Å². The summed E-state index contributed by atoms with van der Waals surface area (Å²) in [5.74, 6) is -1.35. The highest BCUT2D eigenvalue weighted by Gasteiger charge is 2.31. The Hall–Kier alpha value is -3.26. The molecule has 1 atom stereocenters. The van der Waals surface area contributed by atoms with Crippen LogP contribution in [0.15, 0.2) is 70.0 Å². The summed E-state index contributed by atoms with van der Waals surface area (Å²) in [7, 11) is -4.04. The Morgan fingerprint density at radius 3 is 2.58 bits per heavy atom. The summed E-state index contributed by atoms with van der Waals surface area (Å²) in [5, 5.41) is 5.80. The molecule has 0 saturated carbocycles. The van der Waals surface area contributed by atoms with Crippen molar-refractivity contribution >= 4 is 21.7 Å². The Labute approximate surface area is 179 Å². The first kappa shape index (κ1) is 21.0. The molecular formula is C23H21F2N3O2S. The molecule has 8 heteroatoms. The number of hydrogen-bond acceptors (Lipinski definition) is 4. The fraction of sp³-hybridized carbons (Fsp3) is 0.174. The number of hydrogen-bond donors (Lipinski definition) is 2. The molecule has 0 fully saturated rings. The van der Waals surface area contributed by atoms with Crippen LogP contribution in [0, 0.1) is 18.6 Å². The fourth-order valence-corrected chi connectivity index (χ4v) is 4.78. The molecule has 0 bridgehead atoms. The Morgan fingerprint density at radius 1 is 1.06 bits per heavy atom. The van der Waals surface area contributed by atoms with Crippen LogP contribution in [0.4, 0.5) is 14.5 Å². The molecule has 0 radical (unpaired) electrons. The molecule has 31 heavy (non-hydrogen) atoms. The SMILES string of the molecule is Cc1cccc([C@@H](C)c2c(F)ccc3c2NC(NCc2cccc(F)c2)=NS3(=O)=O)c1. The maximum atomic E-state index is 15.0. The lowest BCUT2D eigenvalue weighted by Gasteiger charge is -2.25. The number of fused-ring (bicyclic) bond motifs is 1. The smallest absolute Gasteiger partial charge is 0.287 e. The number of aryl methyl sites for hydroxylation is 1. The third-order valence-corrected chi connectivity index (χ3v) is 6.53. The summed E-state index contributed by atoms with van der Waals surface area (Å²) in [6.07, 6.45) is 0. The van der Waals surface area contributed by atoms with Gasteiger partial charge in [-0.2, -0.15) is 8.42 Å². The van der Waals surface area contributed by atoms with E-state index in [1.165, 1.54) is 18.2 Å². The zero-order valence-electron chi connectivity index (χ0n) is 17.0. The van der Waals surface area contributed by atoms with Crippen LogP contribution in [0.1, 0.15) is 35.1 Å². The average Bonchev–Trinajstić information content (AvgIpc) is 2.71. The van der Waals surface area contributed by atoms with E-state index in [0.29, 0.717) is 5.56 Å². The predicted molar refractivity (Wildman–Crippen MR) is 117 cm³/mol. The second-order valence-corrected chi connectivity index (χ2v) is 9.07. The van der Waals surface area contributed by atoms with Gasteiger partial charge in [-0.1, -0.05) is 48.9 Å². The Balaban J connectivity index is 1.71. The lowest BCUT2D eigenvalue weighted by atomic mass is 9.90. The molecule has 2 N–H and O–H groups in total. The molecule has 0 aromatic heterocycles. The first-order valence-electron chi connectivity index (χ1n) is 9.74. The van der Waals surface area contributed by atoms with Crippen LogP contribution in [0.3, 0.4) is 0 Å². The zero-order valence-corrected chi connectivity index (χ0v) is 17.8. The van der Waals surface area contributed by atoms with E-state index in [-0.39, 0.29) is 28.7 Å². The summed E-state index contributed by atoms with van der Waals surface area (Å²) in [4.78, 5) is -0.0836. The van der Waals surface area contributed by atoms with Crippen LogP contribution in [0.25, 0.3) is 0 Å². The zero-order chi connectivity index (χ0) is 22.2. The van der Waals surface area contributed by atoms with Crippen molar-refractivity contribution in [1.29, 1.82) is 0 Å². The van der Waals surface area contributed by atoms with Gasteiger partial charge in [-0.3, -0.25) is 0 Å². The van der Waals surface area contributed by atoms with E-state index in [1.807, 2.05) is 38.1 Å². The van der Waals surface area contributed by atoms with Crippen molar-refractivity contribution in [2.75, 3.05) is 5.32 Å². The van der Waals surface area contributed by atoms with E-state index in [0.717, 1.165) is 17.2 Å². The molecule has 1 aliphatic heterocycles. The van der Waals surface area contributed by atoms with Gasteiger partial charge in [0.15, 0.2) is 0 Å². The Morgan fingerprint density at radius 2 is 1.84 bits per heavy atom. The standard InChI is InChI=1S/C23H21F2N3O2S/c1-14-5-3-7-17(11-14)15(2)21-19(25)9-10-20-22(21)27-23(28-31(20,29)30)26-13-16-6-4-8-18(24)12-16/h3-12,15H,13H2,1-2H3,(H2,26,27,28)/t15-/m1/s1. The highest BCUT2D eigenvalue weighted by atomic mass is 32.2. The van der Waals surface area contributed by atoms with Crippen molar-refractivity contribution in [2.24, 2.45) is 4.40 Å². The third kappa shape index (κ3) is 4.29. The van der Waals surface area contributed by atoms with Crippen molar-refractivity contribution in [3.63, 3.8) is 0 Å². The van der Waals surface area contributed by atoms with E-state index >= 15 is 0 Å². The van der Waals surface area contributed by atoms with Crippen LogP contribution < -0.4 is 10.6 Å². The summed E-state index contributed by atoms with van der Waals surface area (Å²) in [6, 6.07) is 15.9. The molecule has 1 aliphatic rings. The third-order valence-electron chi connectivity index (χ3n) is 5.21. The van der Waals surface area contributed by atoms with Gasteiger partial charge in [0.2, 0.25) is 5.96 Å². The van der Waals surface area contributed by atoms with Crippen molar-refractivity contribution in [1.82, 2.24) is 5.32 Å². The minimum absolute atomic E-state index is 0.0416. The Kier molecular flexibility index (Phi) is 5.49. The minimum atomic E-state index is -4.04. The lowest BCUT2D eigenvalue weighted by molar-refractivity contribution is 0.591. The van der Waals surface area contributed by atoms with Gasteiger partial charge < -0.3 is 10.6 Å². The van der Waals surface area contributed by atoms with Crippen LogP contribution >= 0.6 is 0 Å². The number of nitrogens with zero attached hydrogens (tertiary/aromatic N) is 1. The van der Waals surface area contributed by atoms with Crippen molar-refractivity contribution in [3.05, 3.63) is 94.6 Å². The molecule has 0 amide bonds. The second-order valence-electron chi connectivity index (χ2n) is 7.49. The number of halogens is 2. The minimum Gasteiger partial charge on any atom is -0.351 e. The average molecular weight is 442 g/mol. The molecule has 5 nitrogen and oxygen atoms in total. The van der Waals surface area contributed by atoms with E-state index in [9.17, 15) is 17.2 Å². The van der Waals surface area contributed by atoms with E-state index in [1.54, 1.807) is 12.1 Å². The van der Waals surface area contributed by atoms with Crippen LogP contribution in [0.2, 0.25) is 0 Å². The van der Waals surface area contributed by atoms with Crippen LogP contribution in [-0.2, 0) is 16.6 Å². The maximum Gasteiger partial charge on any atom is 0.287 e. The quantitative estimate of drug-likeness (QED) is 0.617. The number of rotatable bonds is 4. The molecule has 3 aromatic rings. The molecule has 160 valence electrons. The second kappa shape index (κ2) is 8.11. The number of anilines is 1. The number of guanidine groups is 1. The van der Waals surface area contributed by atoms with Gasteiger partial charge >= 0.3 is 0 Å². The van der Waals surface area contributed by atoms with E-state index < -0.39 is 27.6 Å². The summed E-state index contributed by atoms with van der Waals surface area (Å²) in [5.41, 5.74) is 2.90. The van der Waals surface area contributed by atoms with Gasteiger partial charge in [0.05, 0.1) is 5.69 Å². The lowest BCUT2D eigenvalue weighted by Crippen LogP contribution is -2.35. The number of benzene rings is 3. The molecule has 1 heterocycles. The first-order chi connectivity index (χ1) is 14.7. The topological polar surface area (TPSA) is 70.6 Å². The normalized spacial score (nSPS) is 15.4. The summed E-state index contributed by atoms with van der Waals surface area (Å²) < 4.78 is 57.7. The molecule has 3 aromatic carbocycles. The highest BCUT2D eigenvalue weighted by molar-refractivity contribution is 7.90. The fourth-order valence-electron chi connectivity index (χ4n) is 3.67. The maximum absolute atomic E-state index is 15.0. The van der Waals surface area contributed by atoms with Crippen LogP contribution in [-0.4, -0.2) is 14.4 Å². The van der Waals surface area contributed by atoms with Gasteiger partial charge in [-0.05, 0) is 42.3 Å². The van der Waals surface area contributed by atoms with Gasteiger partial charge in [-0.15, -0.1) is 4.40 Å². The molecule has 0 unspecified atom stereocenters. The van der Waals surface area contributed by atoms with Gasteiger partial charge in [0.1, 0.15) is 16.5 Å². The molecule has 0 saturated heterocycles. The number of sulfonamides is 1. The van der Waals surface area contributed by atoms with Crippen LogP contribution in [0.5, 0.6) is 0 Å². The van der Waals surface area contributed by atoms with Crippen molar-refractivity contribution in [3.8, 4) is 0 Å². The van der Waals surface area contributed by atoms with Gasteiger partial charge in [-0.25, -0.2) is 8.78 Å². The summed E-state index contributed by atoms with van der Waals surface area (Å²) >= 11 is 0. The van der Waals surface area contributed by atoms with E-state index in [4.69, 9.17) is 0 Å². The van der Waals surface area contributed by atoms with Crippen molar-refractivity contribution in [2.45, 2.75) is 31.2 Å². The van der Waals surface area contributed by atoms with Gasteiger partial charge in [0.25, 0.3) is 10.0 Å². The largest absolute Gasteiger partial charge is 0.351 e. The van der Waals surface area contributed by atoms with E-state index in [2.05, 4.69) is 15.0 Å². The monoisotopic (exact) mass is 441 g/mol. The molecule has 0 aliphatic carbocycles. The Bertz CT molecular complexity index is 1290. The van der Waals surface area contributed by atoms with Crippen molar-refractivity contribution < 1.29 is 17.2 Å². The summed E-state index contributed by atoms with van der Waals surface area (Å²) in [6.45, 7) is 3.91. The molecule has 0 spiro atoms.